The quantitative estimate of drug-likeness (QED) is 0.704. The molecule has 1 saturated heterocycles. The predicted molar refractivity (Wildman–Crippen MR) is 94.9 cm³/mol. The number of rotatable bonds is 5. The molecule has 1 aromatic carbocycles. The molecule has 7 nitrogen and oxygen atoms in total. The number of carbonyl (C=O) groups is 1. The van der Waals surface area contributed by atoms with Crippen molar-refractivity contribution in [1.29, 1.82) is 0 Å². The van der Waals surface area contributed by atoms with Gasteiger partial charge in [0.1, 0.15) is 0 Å². The fourth-order valence-electron chi connectivity index (χ4n) is 3.65. The molecule has 3 rings (SSSR count). The highest BCUT2D eigenvalue weighted by molar-refractivity contribution is 7.89. The van der Waals surface area contributed by atoms with Crippen LogP contribution < -0.4 is 16.2 Å². The maximum absolute atomic E-state index is 12.5. The highest BCUT2D eigenvalue weighted by Crippen LogP contribution is 2.31. The average Bonchev–Trinajstić information content (AvgIpc) is 3.08. The van der Waals surface area contributed by atoms with Crippen LogP contribution in [0.4, 0.5) is 0 Å². The third kappa shape index (κ3) is 3.87. The van der Waals surface area contributed by atoms with E-state index in [1.165, 1.54) is 18.4 Å². The molecule has 0 aromatic heterocycles. The van der Waals surface area contributed by atoms with Crippen LogP contribution in [0.1, 0.15) is 24.8 Å². The Morgan fingerprint density at radius 3 is 2.64 bits per heavy atom. The van der Waals surface area contributed by atoms with E-state index < -0.39 is 10.0 Å². The predicted octanol–water partition coefficient (Wildman–Crippen LogP) is 0.446. The maximum atomic E-state index is 12.5. The number of amides is 1. The van der Waals surface area contributed by atoms with Crippen molar-refractivity contribution >= 4 is 15.9 Å². The molecule has 138 valence electrons. The molecule has 0 spiro atoms. The average molecular weight is 366 g/mol. The minimum Gasteiger partial charge on any atom is -0.352 e. The van der Waals surface area contributed by atoms with E-state index >= 15 is 0 Å². The first-order valence-corrected chi connectivity index (χ1v) is 10.1. The number of nitrogens with zero attached hydrogens (tertiary/aromatic N) is 1. The Morgan fingerprint density at radius 2 is 1.96 bits per heavy atom. The molecule has 0 radical (unpaired) electrons. The van der Waals surface area contributed by atoms with Gasteiger partial charge in [0.05, 0.1) is 10.8 Å². The summed E-state index contributed by atoms with van der Waals surface area (Å²) < 4.78 is 25.3. The number of hydrogen-bond acceptors (Lipinski definition) is 5. The molecule has 1 heterocycles. The summed E-state index contributed by atoms with van der Waals surface area (Å²) in [6.07, 6.45) is 3.15. The summed E-state index contributed by atoms with van der Waals surface area (Å²) in [4.78, 5) is 12.8. The van der Waals surface area contributed by atoms with Gasteiger partial charge in [-0.1, -0.05) is 18.6 Å². The number of benzene rings is 1. The smallest absolute Gasteiger partial charge is 0.242 e. The standard InChI is InChI=1S/C17H26N4O3S/c1-21(2)25(23,24)14-8-6-12(7-9-14)10-18-17(22)15-5-3-4-13-11-19-20-16(13)15/h6-9,13,15-16,19-20H,3-5,10-11H2,1-2H3,(H,18,22). The molecule has 2 aliphatic rings. The normalized spacial score (nSPS) is 26.4. The number of sulfonamides is 1. The Hall–Kier alpha value is -1.48. The van der Waals surface area contributed by atoms with Crippen molar-refractivity contribution in [3.8, 4) is 0 Å². The summed E-state index contributed by atoms with van der Waals surface area (Å²) in [6, 6.07) is 6.86. The Morgan fingerprint density at radius 1 is 1.24 bits per heavy atom. The van der Waals surface area contributed by atoms with Gasteiger partial charge in [0.2, 0.25) is 15.9 Å². The van der Waals surface area contributed by atoms with Crippen LogP contribution in [0, 0.1) is 11.8 Å². The summed E-state index contributed by atoms with van der Waals surface area (Å²) in [7, 11) is -0.408. The Balaban J connectivity index is 1.59. The van der Waals surface area contributed by atoms with Crippen LogP contribution in [0.25, 0.3) is 0 Å². The summed E-state index contributed by atoms with van der Waals surface area (Å²) in [5, 5.41) is 3.00. The van der Waals surface area contributed by atoms with Crippen molar-refractivity contribution in [2.24, 2.45) is 11.8 Å². The molecule has 1 amide bonds. The minimum atomic E-state index is -3.42. The van der Waals surface area contributed by atoms with E-state index in [1.807, 2.05) is 0 Å². The molecule has 3 unspecified atom stereocenters. The minimum absolute atomic E-state index is 0.0119. The van der Waals surface area contributed by atoms with E-state index in [1.54, 1.807) is 24.3 Å². The van der Waals surface area contributed by atoms with E-state index in [0.29, 0.717) is 12.5 Å². The Labute approximate surface area is 149 Å². The van der Waals surface area contributed by atoms with Crippen LogP contribution >= 0.6 is 0 Å². The van der Waals surface area contributed by atoms with Crippen LogP contribution in [0.3, 0.4) is 0 Å². The van der Waals surface area contributed by atoms with Gasteiger partial charge in [-0.05, 0) is 36.5 Å². The van der Waals surface area contributed by atoms with Crippen LogP contribution in [0.15, 0.2) is 29.2 Å². The zero-order valence-electron chi connectivity index (χ0n) is 14.7. The molecular weight excluding hydrogens is 340 g/mol. The van der Waals surface area contributed by atoms with Gasteiger partial charge in [-0.3, -0.25) is 15.6 Å². The molecule has 25 heavy (non-hydrogen) atoms. The first kappa shape index (κ1) is 18.3. The highest BCUT2D eigenvalue weighted by Gasteiger charge is 2.39. The molecular formula is C17H26N4O3S. The van der Waals surface area contributed by atoms with Crippen molar-refractivity contribution in [3.63, 3.8) is 0 Å². The Bertz CT molecular complexity index is 718. The van der Waals surface area contributed by atoms with E-state index in [2.05, 4.69) is 16.2 Å². The lowest BCUT2D eigenvalue weighted by molar-refractivity contribution is -0.127. The fourth-order valence-corrected chi connectivity index (χ4v) is 4.55. The Kier molecular flexibility index (Phi) is 5.43. The van der Waals surface area contributed by atoms with Crippen LogP contribution in [-0.4, -0.2) is 45.3 Å². The number of carbonyl (C=O) groups excluding carboxylic acids is 1. The van der Waals surface area contributed by atoms with Crippen molar-refractivity contribution in [3.05, 3.63) is 29.8 Å². The summed E-state index contributed by atoms with van der Waals surface area (Å²) in [6.45, 7) is 1.33. The fraction of sp³-hybridized carbons (Fsp3) is 0.588. The second-order valence-corrected chi connectivity index (χ2v) is 9.15. The van der Waals surface area contributed by atoms with Gasteiger partial charge in [0.25, 0.3) is 0 Å². The van der Waals surface area contributed by atoms with Gasteiger partial charge in [-0.15, -0.1) is 0 Å². The van der Waals surface area contributed by atoms with Gasteiger partial charge >= 0.3 is 0 Å². The second-order valence-electron chi connectivity index (χ2n) is 7.00. The number of hydrazine groups is 1. The number of fused-ring (bicyclic) bond motifs is 1. The second kappa shape index (κ2) is 7.41. The van der Waals surface area contributed by atoms with Crippen molar-refractivity contribution < 1.29 is 13.2 Å². The van der Waals surface area contributed by atoms with Gasteiger partial charge in [-0.2, -0.15) is 0 Å². The van der Waals surface area contributed by atoms with E-state index in [9.17, 15) is 13.2 Å². The molecule has 8 heteroatoms. The van der Waals surface area contributed by atoms with Crippen LogP contribution in [0.5, 0.6) is 0 Å². The van der Waals surface area contributed by atoms with Crippen molar-refractivity contribution in [2.75, 3.05) is 20.6 Å². The molecule has 0 bridgehead atoms. The first-order valence-electron chi connectivity index (χ1n) is 8.67. The van der Waals surface area contributed by atoms with E-state index in [0.717, 1.165) is 31.4 Å². The van der Waals surface area contributed by atoms with Crippen molar-refractivity contribution in [2.45, 2.75) is 36.7 Å². The van der Waals surface area contributed by atoms with Crippen LogP contribution in [-0.2, 0) is 21.4 Å². The zero-order chi connectivity index (χ0) is 18.0. The first-order chi connectivity index (χ1) is 11.9. The van der Waals surface area contributed by atoms with Gasteiger partial charge in [0, 0.05) is 33.2 Å². The summed E-state index contributed by atoms with van der Waals surface area (Å²) in [5.74, 6) is 0.582. The van der Waals surface area contributed by atoms with Gasteiger partial charge in [0.15, 0.2) is 0 Å². The molecule has 3 atom stereocenters. The maximum Gasteiger partial charge on any atom is 0.242 e. The molecule has 1 aliphatic carbocycles. The van der Waals surface area contributed by atoms with E-state index in [-0.39, 0.29) is 22.8 Å². The number of nitrogens with one attached hydrogen (secondary N) is 3. The van der Waals surface area contributed by atoms with Crippen LogP contribution in [0.2, 0.25) is 0 Å². The number of hydrogen-bond donors (Lipinski definition) is 3. The third-order valence-electron chi connectivity index (χ3n) is 5.17. The third-order valence-corrected chi connectivity index (χ3v) is 7.00. The lowest BCUT2D eigenvalue weighted by Crippen LogP contribution is -2.47. The monoisotopic (exact) mass is 366 g/mol. The van der Waals surface area contributed by atoms with Crippen molar-refractivity contribution in [1.82, 2.24) is 20.5 Å². The summed E-state index contributed by atoms with van der Waals surface area (Å²) in [5.41, 5.74) is 7.29. The molecule has 2 fully saturated rings. The molecule has 1 saturated carbocycles. The lowest BCUT2D eigenvalue weighted by atomic mass is 9.77. The topological polar surface area (TPSA) is 90.5 Å². The van der Waals surface area contributed by atoms with E-state index in [4.69, 9.17) is 0 Å². The lowest BCUT2D eigenvalue weighted by Gasteiger charge is -2.31. The molecule has 1 aromatic rings. The largest absolute Gasteiger partial charge is 0.352 e. The molecule has 1 aliphatic heterocycles. The van der Waals surface area contributed by atoms with Gasteiger partial charge < -0.3 is 5.32 Å². The summed E-state index contributed by atoms with van der Waals surface area (Å²) >= 11 is 0. The molecule has 3 N–H and O–H groups in total. The SMILES string of the molecule is CN(C)S(=O)(=O)c1ccc(CNC(=O)C2CCCC3CNNC32)cc1. The highest BCUT2D eigenvalue weighted by atomic mass is 32.2. The zero-order valence-corrected chi connectivity index (χ0v) is 15.5. The van der Waals surface area contributed by atoms with Gasteiger partial charge in [-0.25, -0.2) is 12.7 Å².